The number of aryl methyl sites for hydroxylation is 4. The maximum atomic E-state index is 2.31. The maximum Gasteiger partial charge on any atom is 0.0560 e. The topological polar surface area (TPSA) is 9.86 Å². The summed E-state index contributed by atoms with van der Waals surface area (Å²) < 4.78 is 4.52. The highest BCUT2D eigenvalue weighted by atomic mass is 14.9. The Kier molecular flexibility index (Phi) is 2.91. The summed E-state index contributed by atoms with van der Waals surface area (Å²) in [6.07, 6.45) is 4.45. The lowest BCUT2D eigenvalue weighted by Crippen LogP contribution is -1.89. The first-order chi connectivity index (χ1) is 13.5. The lowest BCUT2D eigenvalue weighted by atomic mass is 9.94. The molecule has 0 atom stereocenters. The molecule has 0 fully saturated rings. The van der Waals surface area contributed by atoms with Crippen LogP contribution < -0.4 is 0 Å². The molecule has 2 heteroatoms. The fourth-order valence-corrected chi connectivity index (χ4v) is 5.25. The zero-order chi connectivity index (χ0) is 19.2. The van der Waals surface area contributed by atoms with Crippen LogP contribution in [0.4, 0.5) is 0 Å². The predicted octanol–water partition coefficient (Wildman–Crippen LogP) is 6.75. The van der Waals surface area contributed by atoms with Crippen LogP contribution in [0, 0.1) is 13.8 Å². The molecular weight excluding hydrogens is 340 g/mol. The van der Waals surface area contributed by atoms with Gasteiger partial charge in [0, 0.05) is 48.0 Å². The minimum Gasteiger partial charge on any atom is -0.350 e. The number of hydrogen-bond acceptors (Lipinski definition) is 0. The molecule has 136 valence electrons. The maximum absolute atomic E-state index is 2.31. The molecule has 0 N–H and O–H groups in total. The van der Waals surface area contributed by atoms with Gasteiger partial charge in [-0.15, -0.1) is 0 Å². The minimum absolute atomic E-state index is 1.32. The van der Waals surface area contributed by atoms with Crippen molar-refractivity contribution in [3.8, 4) is 0 Å². The zero-order valence-corrected chi connectivity index (χ0v) is 16.7. The molecule has 0 radical (unpaired) electrons. The van der Waals surface area contributed by atoms with Crippen LogP contribution in [0.1, 0.15) is 11.1 Å². The summed E-state index contributed by atoms with van der Waals surface area (Å²) in [5.41, 5.74) is 5.31. The van der Waals surface area contributed by atoms with Crippen LogP contribution in [0.25, 0.3) is 54.1 Å². The first-order valence-corrected chi connectivity index (χ1v) is 9.83. The first kappa shape index (κ1) is 15.8. The summed E-state index contributed by atoms with van der Waals surface area (Å²) in [6.45, 7) is 4.38. The molecule has 6 aromatic rings. The van der Waals surface area contributed by atoms with Crippen molar-refractivity contribution in [1.82, 2.24) is 9.13 Å². The van der Waals surface area contributed by atoms with Crippen molar-refractivity contribution < 1.29 is 0 Å². The van der Waals surface area contributed by atoms with Gasteiger partial charge in [-0.3, -0.25) is 0 Å². The molecule has 0 aliphatic carbocycles. The van der Waals surface area contributed by atoms with E-state index in [4.69, 9.17) is 0 Å². The largest absolute Gasteiger partial charge is 0.350 e. The fraction of sp³-hybridized carbons (Fsp3) is 0.154. The summed E-state index contributed by atoms with van der Waals surface area (Å²) in [6, 6.07) is 18.4. The Balaban J connectivity index is 1.81. The van der Waals surface area contributed by atoms with Gasteiger partial charge in [0.2, 0.25) is 0 Å². The highest BCUT2D eigenvalue weighted by Gasteiger charge is 2.13. The number of nitrogens with zero attached hydrogens (tertiary/aromatic N) is 2. The van der Waals surface area contributed by atoms with Gasteiger partial charge < -0.3 is 9.13 Å². The molecule has 0 saturated heterocycles. The Morgan fingerprint density at radius 2 is 0.714 bits per heavy atom. The SMILES string of the molecule is Cc1cn(C)c2c1ccc1c3ccc4c(ccc5c(C)cn(C)c54)c3ccc12. The second kappa shape index (κ2) is 5.17. The summed E-state index contributed by atoms with van der Waals surface area (Å²) in [5.74, 6) is 0. The molecule has 0 amide bonds. The lowest BCUT2D eigenvalue weighted by molar-refractivity contribution is 0.967. The van der Waals surface area contributed by atoms with Crippen LogP contribution >= 0.6 is 0 Å². The third-order valence-electron chi connectivity index (χ3n) is 6.47. The van der Waals surface area contributed by atoms with Crippen molar-refractivity contribution in [2.45, 2.75) is 13.8 Å². The van der Waals surface area contributed by atoms with E-state index < -0.39 is 0 Å². The number of hydrogen-bond donors (Lipinski definition) is 0. The molecule has 2 heterocycles. The van der Waals surface area contributed by atoms with Gasteiger partial charge in [-0.1, -0.05) is 48.5 Å². The van der Waals surface area contributed by atoms with Crippen LogP contribution in [0.5, 0.6) is 0 Å². The molecule has 28 heavy (non-hydrogen) atoms. The summed E-state index contributed by atoms with van der Waals surface area (Å²) in [4.78, 5) is 0. The molecule has 0 saturated carbocycles. The van der Waals surface area contributed by atoms with Crippen LogP contribution in [-0.4, -0.2) is 9.13 Å². The Hall–Kier alpha value is -3.26. The summed E-state index contributed by atoms with van der Waals surface area (Å²) >= 11 is 0. The molecule has 0 aliphatic rings. The van der Waals surface area contributed by atoms with Crippen molar-refractivity contribution in [2.24, 2.45) is 14.1 Å². The lowest BCUT2D eigenvalue weighted by Gasteiger charge is -2.11. The summed E-state index contributed by atoms with van der Waals surface area (Å²) in [5, 5.41) is 10.7. The Morgan fingerprint density at radius 3 is 1.11 bits per heavy atom. The molecule has 6 rings (SSSR count). The first-order valence-electron chi connectivity index (χ1n) is 9.83. The van der Waals surface area contributed by atoms with Crippen molar-refractivity contribution in [3.63, 3.8) is 0 Å². The highest BCUT2D eigenvalue weighted by Crippen LogP contribution is 2.38. The number of rotatable bonds is 0. The number of fused-ring (bicyclic) bond motifs is 9. The van der Waals surface area contributed by atoms with E-state index in [9.17, 15) is 0 Å². The Labute approximate surface area is 163 Å². The van der Waals surface area contributed by atoms with E-state index in [1.54, 1.807) is 0 Å². The smallest absolute Gasteiger partial charge is 0.0560 e. The van der Waals surface area contributed by atoms with Gasteiger partial charge in [-0.2, -0.15) is 0 Å². The molecule has 0 unspecified atom stereocenters. The third kappa shape index (κ3) is 1.83. The molecule has 2 aromatic heterocycles. The molecule has 0 spiro atoms. The quantitative estimate of drug-likeness (QED) is 0.265. The van der Waals surface area contributed by atoms with Crippen molar-refractivity contribution in [2.75, 3.05) is 0 Å². The van der Waals surface area contributed by atoms with Crippen molar-refractivity contribution in [1.29, 1.82) is 0 Å². The van der Waals surface area contributed by atoms with Crippen LogP contribution in [0.3, 0.4) is 0 Å². The van der Waals surface area contributed by atoms with E-state index >= 15 is 0 Å². The van der Waals surface area contributed by atoms with E-state index in [0.717, 1.165) is 0 Å². The third-order valence-corrected chi connectivity index (χ3v) is 6.47. The van der Waals surface area contributed by atoms with E-state index in [1.807, 2.05) is 0 Å². The van der Waals surface area contributed by atoms with Gasteiger partial charge >= 0.3 is 0 Å². The van der Waals surface area contributed by atoms with Crippen LogP contribution in [-0.2, 0) is 14.1 Å². The molecule has 0 bridgehead atoms. The Bertz CT molecular complexity index is 1470. The number of benzene rings is 4. The van der Waals surface area contributed by atoms with Gasteiger partial charge in [0.05, 0.1) is 11.0 Å². The fourth-order valence-electron chi connectivity index (χ4n) is 5.25. The molecule has 2 nitrogen and oxygen atoms in total. The van der Waals surface area contributed by atoms with Gasteiger partial charge in [0.1, 0.15) is 0 Å². The van der Waals surface area contributed by atoms with Gasteiger partial charge in [0.15, 0.2) is 0 Å². The van der Waals surface area contributed by atoms with Crippen molar-refractivity contribution >= 4 is 54.1 Å². The van der Waals surface area contributed by atoms with Gasteiger partial charge in [-0.25, -0.2) is 0 Å². The molecule has 4 aromatic carbocycles. The second-order valence-corrected chi connectivity index (χ2v) is 8.19. The number of aromatic nitrogens is 2. The monoisotopic (exact) mass is 362 g/mol. The average Bonchev–Trinajstić information content (AvgIpc) is 3.16. The average molecular weight is 362 g/mol. The predicted molar refractivity (Wildman–Crippen MR) is 121 cm³/mol. The van der Waals surface area contributed by atoms with Crippen molar-refractivity contribution in [3.05, 3.63) is 72.1 Å². The van der Waals surface area contributed by atoms with E-state index in [0.29, 0.717) is 0 Å². The minimum atomic E-state index is 1.32. The van der Waals surface area contributed by atoms with Crippen LogP contribution in [0.2, 0.25) is 0 Å². The zero-order valence-electron chi connectivity index (χ0n) is 16.7. The van der Waals surface area contributed by atoms with Crippen LogP contribution in [0.15, 0.2) is 60.9 Å². The molecular formula is C26H22N2. The van der Waals surface area contributed by atoms with Gasteiger partial charge in [0.25, 0.3) is 0 Å². The summed E-state index contributed by atoms with van der Waals surface area (Å²) in [7, 11) is 4.29. The standard InChI is InChI=1S/C26H22N2/c1-15-13-27(3)25-17(15)5-7-21-19-10-12-24-22(20(19)9-11-23(21)25)8-6-18-16(2)14-28(4)26(18)24/h5-14H,1-4H3. The van der Waals surface area contributed by atoms with E-state index in [-0.39, 0.29) is 0 Å². The Morgan fingerprint density at radius 1 is 0.429 bits per heavy atom. The van der Waals surface area contributed by atoms with E-state index in [1.165, 1.54) is 65.3 Å². The van der Waals surface area contributed by atoms with E-state index in [2.05, 4.69) is 98.0 Å². The van der Waals surface area contributed by atoms with Gasteiger partial charge in [-0.05, 0) is 46.5 Å². The normalized spacial score (nSPS) is 12.3. The second-order valence-electron chi connectivity index (χ2n) is 8.19. The highest BCUT2D eigenvalue weighted by molar-refractivity contribution is 6.24. The molecule has 0 aliphatic heterocycles.